The van der Waals surface area contributed by atoms with Gasteiger partial charge in [-0.05, 0) is 12.1 Å². The Balaban J connectivity index is 1.98. The maximum Gasteiger partial charge on any atom is 0.320 e. The van der Waals surface area contributed by atoms with Gasteiger partial charge in [0.2, 0.25) is 5.91 Å². The van der Waals surface area contributed by atoms with Gasteiger partial charge in [-0.2, -0.15) is 0 Å². The Morgan fingerprint density at radius 1 is 1.10 bits per heavy atom. The molecule has 1 aromatic rings. The maximum absolute atomic E-state index is 11.9. The van der Waals surface area contributed by atoms with E-state index in [1.807, 2.05) is 0 Å². The fourth-order valence-electron chi connectivity index (χ4n) is 2.34. The molecule has 4 atom stereocenters. The molecule has 21 heavy (non-hydrogen) atoms. The van der Waals surface area contributed by atoms with Gasteiger partial charge in [-0.1, -0.05) is 18.2 Å². The number of rotatable bonds is 6. The maximum atomic E-state index is 11.9. The lowest BCUT2D eigenvalue weighted by atomic mass is 10.1. The van der Waals surface area contributed by atoms with Crippen LogP contribution in [0.25, 0.3) is 0 Å². The molecule has 6 N–H and O–H groups in total. The Labute approximate surface area is 119 Å². The highest BCUT2D eigenvalue weighted by molar-refractivity contribution is 5.93. The number of carbonyl (C=O) groups is 3. The van der Waals surface area contributed by atoms with Crippen LogP contribution in [-0.2, 0) is 14.4 Å². The molecule has 0 aromatic heterocycles. The van der Waals surface area contributed by atoms with Gasteiger partial charge in [-0.25, -0.2) is 0 Å². The standard InChI is InChI=1S/C13H15N3O5/c14-10(13(20)21)7-8(9(7)12(18)19)11(17)16-15-6-4-2-1-3-5-6/h1-5,7-10,15H,14H2,(H,16,17)(H,18,19)(H,20,21)/t7-,8+,9+,10?/m0/s1. The summed E-state index contributed by atoms with van der Waals surface area (Å²) in [6.45, 7) is 0. The van der Waals surface area contributed by atoms with E-state index in [4.69, 9.17) is 15.9 Å². The molecule has 8 heteroatoms. The molecule has 112 valence electrons. The van der Waals surface area contributed by atoms with Crippen LogP contribution in [0.2, 0.25) is 0 Å². The van der Waals surface area contributed by atoms with Gasteiger partial charge in [-0.3, -0.25) is 25.2 Å². The summed E-state index contributed by atoms with van der Waals surface area (Å²) in [7, 11) is 0. The molecule has 0 saturated heterocycles. The van der Waals surface area contributed by atoms with Crippen LogP contribution in [0.3, 0.4) is 0 Å². The van der Waals surface area contributed by atoms with E-state index in [9.17, 15) is 14.4 Å². The Hall–Kier alpha value is -2.61. The highest BCUT2D eigenvalue weighted by Gasteiger charge is 2.63. The number of hydrazine groups is 1. The first-order valence-corrected chi connectivity index (χ1v) is 6.25. The summed E-state index contributed by atoms with van der Waals surface area (Å²) in [4.78, 5) is 33.8. The average molecular weight is 293 g/mol. The molecule has 8 nitrogen and oxygen atoms in total. The first kappa shape index (κ1) is 14.8. The lowest BCUT2D eigenvalue weighted by Crippen LogP contribution is -2.36. The molecule has 0 aliphatic heterocycles. The number of carbonyl (C=O) groups excluding carboxylic acids is 1. The van der Waals surface area contributed by atoms with E-state index >= 15 is 0 Å². The minimum absolute atomic E-state index is 0.590. The molecule has 0 bridgehead atoms. The van der Waals surface area contributed by atoms with Gasteiger partial charge in [0.15, 0.2) is 0 Å². The number of benzene rings is 1. The number of hydrogen-bond acceptors (Lipinski definition) is 5. The quantitative estimate of drug-likeness (QED) is 0.444. The molecule has 1 unspecified atom stereocenters. The zero-order valence-corrected chi connectivity index (χ0v) is 10.9. The smallest absolute Gasteiger partial charge is 0.320 e. The van der Waals surface area contributed by atoms with Crippen molar-refractivity contribution >= 4 is 23.5 Å². The highest BCUT2D eigenvalue weighted by atomic mass is 16.4. The van der Waals surface area contributed by atoms with Crippen LogP contribution in [0.4, 0.5) is 5.69 Å². The molecule has 1 saturated carbocycles. The van der Waals surface area contributed by atoms with Gasteiger partial charge >= 0.3 is 11.9 Å². The van der Waals surface area contributed by atoms with E-state index in [-0.39, 0.29) is 0 Å². The lowest BCUT2D eigenvalue weighted by molar-refractivity contribution is -0.141. The summed E-state index contributed by atoms with van der Waals surface area (Å²) in [6, 6.07) is 7.36. The van der Waals surface area contributed by atoms with Gasteiger partial charge in [-0.15, -0.1) is 0 Å². The van der Waals surface area contributed by atoms with E-state index in [1.165, 1.54) is 0 Å². The fourth-order valence-corrected chi connectivity index (χ4v) is 2.34. The van der Waals surface area contributed by atoms with E-state index in [1.54, 1.807) is 30.3 Å². The highest BCUT2D eigenvalue weighted by Crippen LogP contribution is 2.48. The summed E-state index contributed by atoms with van der Waals surface area (Å²) in [6.07, 6.45) is 0. The molecule has 1 aromatic carbocycles. The lowest BCUT2D eigenvalue weighted by Gasteiger charge is -2.08. The first-order valence-electron chi connectivity index (χ1n) is 6.25. The first-order chi connectivity index (χ1) is 9.93. The second kappa shape index (κ2) is 5.80. The van der Waals surface area contributed by atoms with Crippen LogP contribution in [0.1, 0.15) is 0 Å². The molecule has 0 spiro atoms. The van der Waals surface area contributed by atoms with Crippen LogP contribution in [0, 0.1) is 17.8 Å². The zero-order chi connectivity index (χ0) is 15.6. The number of nitrogens with one attached hydrogen (secondary N) is 2. The molecule has 1 aliphatic rings. The number of amides is 1. The second-order valence-corrected chi connectivity index (χ2v) is 4.81. The van der Waals surface area contributed by atoms with Crippen molar-refractivity contribution in [1.82, 2.24) is 5.43 Å². The molecule has 1 amide bonds. The number of para-hydroxylation sites is 1. The van der Waals surface area contributed by atoms with Crippen molar-refractivity contribution in [2.24, 2.45) is 23.5 Å². The van der Waals surface area contributed by atoms with Gasteiger partial charge in [0.25, 0.3) is 0 Å². The normalized spacial score (nSPS) is 24.7. The SMILES string of the molecule is NC(C(=O)O)[C@@H]1[C@@H](C(=O)O)[C@@H]1C(=O)NNc1ccccc1. The summed E-state index contributed by atoms with van der Waals surface area (Å²) in [5.41, 5.74) is 11.0. The third-order valence-electron chi connectivity index (χ3n) is 3.47. The van der Waals surface area contributed by atoms with Crippen molar-refractivity contribution in [1.29, 1.82) is 0 Å². The van der Waals surface area contributed by atoms with Crippen LogP contribution in [-0.4, -0.2) is 34.1 Å². The minimum atomic E-state index is -1.38. The van der Waals surface area contributed by atoms with Crippen LogP contribution in [0.5, 0.6) is 0 Å². The number of carboxylic acids is 2. The Morgan fingerprint density at radius 2 is 1.71 bits per heavy atom. The monoisotopic (exact) mass is 293 g/mol. The summed E-state index contributed by atoms with van der Waals surface area (Å²) < 4.78 is 0. The molecule has 1 fully saturated rings. The van der Waals surface area contributed by atoms with E-state index < -0.39 is 41.6 Å². The average Bonchev–Trinajstić information content (AvgIpc) is 3.20. The van der Waals surface area contributed by atoms with Crippen LogP contribution in [0.15, 0.2) is 30.3 Å². The van der Waals surface area contributed by atoms with Gasteiger partial charge in [0.05, 0.1) is 17.5 Å². The number of carboxylic acid groups (broad SMARTS) is 2. The Morgan fingerprint density at radius 3 is 2.24 bits per heavy atom. The third-order valence-corrected chi connectivity index (χ3v) is 3.47. The van der Waals surface area contributed by atoms with Crippen molar-refractivity contribution in [2.45, 2.75) is 6.04 Å². The van der Waals surface area contributed by atoms with Crippen LogP contribution < -0.4 is 16.6 Å². The zero-order valence-electron chi connectivity index (χ0n) is 10.9. The fraction of sp³-hybridized carbons (Fsp3) is 0.308. The summed E-state index contributed by atoms with van der Waals surface area (Å²) in [5, 5.41) is 17.8. The van der Waals surface area contributed by atoms with Crippen molar-refractivity contribution in [3.05, 3.63) is 30.3 Å². The largest absolute Gasteiger partial charge is 0.481 e. The molecule has 2 rings (SSSR count). The van der Waals surface area contributed by atoms with Gasteiger partial charge in [0.1, 0.15) is 6.04 Å². The van der Waals surface area contributed by atoms with Crippen molar-refractivity contribution in [3.8, 4) is 0 Å². The predicted octanol–water partition coefficient (Wildman–Crippen LogP) is -0.512. The van der Waals surface area contributed by atoms with Gasteiger partial charge < -0.3 is 15.9 Å². The Kier molecular flexibility index (Phi) is 4.08. The summed E-state index contributed by atoms with van der Waals surface area (Å²) >= 11 is 0. The van der Waals surface area contributed by atoms with Crippen LogP contribution >= 0.6 is 0 Å². The third kappa shape index (κ3) is 3.11. The number of hydrogen-bond donors (Lipinski definition) is 5. The molecular weight excluding hydrogens is 278 g/mol. The van der Waals surface area contributed by atoms with E-state index in [0.29, 0.717) is 5.69 Å². The van der Waals surface area contributed by atoms with Crippen molar-refractivity contribution < 1.29 is 24.6 Å². The van der Waals surface area contributed by atoms with Crippen molar-refractivity contribution in [2.75, 3.05) is 5.43 Å². The molecular formula is C13H15N3O5. The molecule has 0 radical (unpaired) electrons. The summed E-state index contributed by atoms with van der Waals surface area (Å²) in [5.74, 6) is -6.07. The topological polar surface area (TPSA) is 142 Å². The predicted molar refractivity (Wildman–Crippen MR) is 71.9 cm³/mol. The molecule has 1 aliphatic carbocycles. The molecule has 0 heterocycles. The Bertz CT molecular complexity index is 562. The number of aliphatic carboxylic acids is 2. The van der Waals surface area contributed by atoms with E-state index in [0.717, 1.165) is 0 Å². The second-order valence-electron chi connectivity index (χ2n) is 4.81. The van der Waals surface area contributed by atoms with E-state index in [2.05, 4.69) is 10.9 Å². The minimum Gasteiger partial charge on any atom is -0.481 e. The van der Waals surface area contributed by atoms with Gasteiger partial charge in [0, 0.05) is 5.92 Å². The number of nitrogens with two attached hydrogens (primary N) is 1. The van der Waals surface area contributed by atoms with Crippen molar-refractivity contribution in [3.63, 3.8) is 0 Å². The number of anilines is 1.